The molecule has 21 heavy (non-hydrogen) atoms. The molecule has 1 amide bonds. The third kappa shape index (κ3) is 4.59. The monoisotopic (exact) mass is 298 g/mol. The predicted molar refractivity (Wildman–Crippen MR) is 77.9 cm³/mol. The zero-order valence-corrected chi connectivity index (χ0v) is 13.3. The van der Waals surface area contributed by atoms with Gasteiger partial charge < -0.3 is 14.8 Å². The van der Waals surface area contributed by atoms with Crippen molar-refractivity contribution in [2.45, 2.75) is 70.7 Å². The van der Waals surface area contributed by atoms with Crippen molar-refractivity contribution in [3.63, 3.8) is 0 Å². The van der Waals surface area contributed by atoms with Crippen molar-refractivity contribution in [3.05, 3.63) is 0 Å². The lowest BCUT2D eigenvalue weighted by atomic mass is 10.0. The van der Waals surface area contributed by atoms with E-state index in [1.165, 1.54) is 0 Å². The molecule has 2 aliphatic heterocycles. The van der Waals surface area contributed by atoms with Crippen LogP contribution in [0, 0.1) is 0 Å². The topological polar surface area (TPSA) is 67.9 Å². The predicted octanol–water partition coefficient (Wildman–Crippen LogP) is 1.68. The molecule has 2 aliphatic rings. The molecule has 2 unspecified atom stereocenters. The minimum atomic E-state index is -0.478. The van der Waals surface area contributed by atoms with Crippen LogP contribution in [-0.4, -0.2) is 53.8 Å². The number of alkyl carbamates (subject to hydrolysis) is 1. The van der Waals surface area contributed by atoms with Gasteiger partial charge in [0, 0.05) is 25.6 Å². The lowest BCUT2D eigenvalue weighted by Gasteiger charge is -2.34. The Kier molecular flexibility index (Phi) is 4.76. The molecule has 0 aromatic carbocycles. The first-order valence-electron chi connectivity index (χ1n) is 7.68. The van der Waals surface area contributed by atoms with E-state index in [2.05, 4.69) is 10.2 Å². The largest absolute Gasteiger partial charge is 0.461 e. The highest BCUT2D eigenvalue weighted by Crippen LogP contribution is 2.23. The quantitative estimate of drug-likeness (QED) is 0.786. The Bertz CT molecular complexity index is 397. The maximum absolute atomic E-state index is 11.7. The second-order valence-electron chi connectivity index (χ2n) is 6.96. The number of amides is 1. The van der Waals surface area contributed by atoms with Crippen molar-refractivity contribution < 1.29 is 19.1 Å². The summed E-state index contributed by atoms with van der Waals surface area (Å²) in [6.07, 6.45) is 2.08. The number of esters is 1. The van der Waals surface area contributed by atoms with Crippen LogP contribution < -0.4 is 5.32 Å². The summed E-state index contributed by atoms with van der Waals surface area (Å²) in [4.78, 5) is 25.7. The molecule has 0 aromatic rings. The van der Waals surface area contributed by atoms with Gasteiger partial charge in [0.05, 0.1) is 0 Å². The highest BCUT2D eigenvalue weighted by molar-refractivity contribution is 5.78. The maximum Gasteiger partial charge on any atom is 0.407 e. The summed E-state index contributed by atoms with van der Waals surface area (Å²) < 4.78 is 10.5. The first-order chi connectivity index (χ1) is 9.74. The first-order valence-corrected chi connectivity index (χ1v) is 7.68. The second kappa shape index (κ2) is 6.22. The van der Waals surface area contributed by atoms with Gasteiger partial charge in [-0.05, 0) is 40.5 Å². The molecule has 0 radical (unpaired) electrons. The zero-order valence-electron chi connectivity index (χ0n) is 13.3. The highest BCUT2D eigenvalue weighted by Gasteiger charge is 2.38. The van der Waals surface area contributed by atoms with Gasteiger partial charge in [0.2, 0.25) is 0 Å². The minimum absolute atomic E-state index is 0.0140. The Morgan fingerprint density at radius 3 is 2.43 bits per heavy atom. The summed E-state index contributed by atoms with van der Waals surface area (Å²) >= 11 is 0. The Labute approximate surface area is 126 Å². The number of carbonyl (C=O) groups is 2. The van der Waals surface area contributed by atoms with Gasteiger partial charge in [0.25, 0.3) is 0 Å². The molecule has 0 aliphatic carbocycles. The molecule has 6 heteroatoms. The smallest absolute Gasteiger partial charge is 0.407 e. The van der Waals surface area contributed by atoms with Crippen LogP contribution in [0.15, 0.2) is 0 Å². The second-order valence-corrected chi connectivity index (χ2v) is 6.96. The Balaban J connectivity index is 1.76. The number of nitrogens with one attached hydrogen (secondary N) is 1. The van der Waals surface area contributed by atoms with Crippen LogP contribution in [0.25, 0.3) is 0 Å². The molecular formula is C15H26N2O4. The van der Waals surface area contributed by atoms with Gasteiger partial charge in [-0.2, -0.15) is 0 Å². The van der Waals surface area contributed by atoms with Crippen LogP contribution in [0.3, 0.4) is 0 Å². The van der Waals surface area contributed by atoms with Crippen molar-refractivity contribution in [2.24, 2.45) is 0 Å². The number of carbonyl (C=O) groups excluding carboxylic acids is 2. The van der Waals surface area contributed by atoms with E-state index in [0.717, 1.165) is 32.4 Å². The van der Waals surface area contributed by atoms with Crippen LogP contribution in [0.1, 0.15) is 47.0 Å². The molecule has 0 aromatic heterocycles. The number of ether oxygens (including phenoxy) is 2. The summed E-state index contributed by atoms with van der Waals surface area (Å²) in [6.45, 7) is 9.07. The van der Waals surface area contributed by atoms with E-state index in [1.807, 2.05) is 27.7 Å². The molecule has 120 valence electrons. The Morgan fingerprint density at radius 2 is 1.95 bits per heavy atom. The molecule has 2 fully saturated rings. The number of hydrogen-bond acceptors (Lipinski definition) is 5. The van der Waals surface area contributed by atoms with Crippen LogP contribution >= 0.6 is 0 Å². The summed E-state index contributed by atoms with van der Waals surface area (Å²) in [5, 5.41) is 2.90. The van der Waals surface area contributed by atoms with Gasteiger partial charge in [-0.15, -0.1) is 0 Å². The average molecular weight is 298 g/mol. The number of likely N-dealkylation sites (tertiary alicyclic amines) is 1. The van der Waals surface area contributed by atoms with Gasteiger partial charge in [0.1, 0.15) is 17.7 Å². The van der Waals surface area contributed by atoms with Crippen LogP contribution in [0.5, 0.6) is 0 Å². The van der Waals surface area contributed by atoms with Gasteiger partial charge in [-0.25, -0.2) is 4.79 Å². The first kappa shape index (κ1) is 16.1. The van der Waals surface area contributed by atoms with Gasteiger partial charge in [-0.3, -0.25) is 9.69 Å². The molecule has 2 atom stereocenters. The van der Waals surface area contributed by atoms with E-state index in [0.29, 0.717) is 0 Å². The van der Waals surface area contributed by atoms with E-state index in [-0.39, 0.29) is 30.3 Å². The fourth-order valence-corrected chi connectivity index (χ4v) is 2.86. The molecular weight excluding hydrogens is 272 g/mol. The minimum Gasteiger partial charge on any atom is -0.461 e. The van der Waals surface area contributed by atoms with Crippen molar-refractivity contribution in [1.82, 2.24) is 10.2 Å². The van der Waals surface area contributed by atoms with E-state index >= 15 is 0 Å². The third-order valence-corrected chi connectivity index (χ3v) is 3.84. The van der Waals surface area contributed by atoms with Crippen molar-refractivity contribution >= 4 is 12.1 Å². The average Bonchev–Trinajstić information content (AvgIpc) is 2.67. The van der Waals surface area contributed by atoms with Gasteiger partial charge in [-0.1, -0.05) is 0 Å². The summed E-state index contributed by atoms with van der Waals surface area (Å²) in [5.74, 6) is -0.110. The van der Waals surface area contributed by atoms with Crippen LogP contribution in [-0.2, 0) is 14.3 Å². The molecule has 0 bridgehead atoms. The highest BCUT2D eigenvalue weighted by atomic mass is 16.6. The van der Waals surface area contributed by atoms with Crippen molar-refractivity contribution in [3.8, 4) is 0 Å². The Morgan fingerprint density at radius 1 is 1.33 bits per heavy atom. The van der Waals surface area contributed by atoms with E-state index in [1.54, 1.807) is 0 Å². The third-order valence-electron chi connectivity index (χ3n) is 3.84. The molecule has 2 heterocycles. The molecule has 2 saturated heterocycles. The lowest BCUT2D eigenvalue weighted by Crippen LogP contribution is -2.49. The van der Waals surface area contributed by atoms with Gasteiger partial charge in [0.15, 0.2) is 0 Å². The number of hydrogen-bond donors (Lipinski definition) is 1. The fraction of sp³-hybridized carbons (Fsp3) is 0.867. The fourth-order valence-electron chi connectivity index (χ4n) is 2.86. The zero-order chi connectivity index (χ0) is 15.6. The van der Waals surface area contributed by atoms with Crippen molar-refractivity contribution in [1.29, 1.82) is 0 Å². The Hall–Kier alpha value is -1.30. The summed E-state index contributed by atoms with van der Waals surface area (Å²) in [6, 6.07) is 0.00780. The number of rotatable bonds is 2. The van der Waals surface area contributed by atoms with E-state index < -0.39 is 5.60 Å². The molecule has 0 saturated carbocycles. The molecule has 0 spiro atoms. The lowest BCUT2D eigenvalue weighted by molar-refractivity contribution is -0.145. The maximum atomic E-state index is 11.7. The number of cyclic esters (lactones) is 1. The van der Waals surface area contributed by atoms with Crippen molar-refractivity contribution in [2.75, 3.05) is 13.1 Å². The summed E-state index contributed by atoms with van der Waals surface area (Å²) in [5.41, 5.74) is -0.478. The van der Waals surface area contributed by atoms with E-state index in [9.17, 15) is 9.59 Å². The van der Waals surface area contributed by atoms with Crippen LogP contribution in [0.2, 0.25) is 0 Å². The summed E-state index contributed by atoms with van der Waals surface area (Å²) in [7, 11) is 0. The number of nitrogens with zero attached hydrogens (tertiary/aromatic N) is 1. The molecule has 2 rings (SSSR count). The molecule has 1 N–H and O–H groups in total. The SMILES string of the molecule is CC1CC(N2CCC(NC(=O)OC(C)(C)C)CC2)C(=O)O1. The standard InChI is InChI=1S/C15H26N2O4/c1-10-9-12(13(18)20-10)17-7-5-11(6-8-17)16-14(19)21-15(2,3)4/h10-12H,5-9H2,1-4H3,(H,16,19). The van der Waals surface area contributed by atoms with E-state index in [4.69, 9.17) is 9.47 Å². The normalized spacial score (nSPS) is 28.3. The van der Waals surface area contributed by atoms with Gasteiger partial charge >= 0.3 is 12.1 Å². The van der Waals surface area contributed by atoms with Crippen LogP contribution in [0.4, 0.5) is 4.79 Å². The molecule has 6 nitrogen and oxygen atoms in total. The number of piperidine rings is 1.